The monoisotopic (exact) mass is 445 g/mol. The molecule has 2 fully saturated rings. The molecule has 0 aliphatic carbocycles. The van der Waals surface area contributed by atoms with E-state index >= 15 is 0 Å². The first-order valence-corrected chi connectivity index (χ1v) is 11.1. The maximum absolute atomic E-state index is 13.2. The van der Waals surface area contributed by atoms with Crippen LogP contribution in [0.15, 0.2) is 0 Å². The SMILES string of the molecule is COC(=O)[C@@H]1CSC2(CN(C(=O)[C@@H](NC(=O)OC(C)(C)C)[C@@H](C)OC(C)(C)C)C2)N1. The summed E-state index contributed by atoms with van der Waals surface area (Å²) >= 11 is 1.61. The second-order valence-corrected chi connectivity index (χ2v) is 11.2. The van der Waals surface area contributed by atoms with Gasteiger partial charge in [0.15, 0.2) is 0 Å². The third kappa shape index (κ3) is 6.49. The van der Waals surface area contributed by atoms with Crippen LogP contribution in [0.3, 0.4) is 0 Å². The number of hydrogen-bond acceptors (Lipinski definition) is 8. The number of nitrogens with one attached hydrogen (secondary N) is 2. The second kappa shape index (κ2) is 8.92. The predicted molar refractivity (Wildman–Crippen MR) is 114 cm³/mol. The lowest BCUT2D eigenvalue weighted by Crippen LogP contribution is -2.71. The van der Waals surface area contributed by atoms with Gasteiger partial charge in [0, 0.05) is 5.75 Å². The highest BCUT2D eigenvalue weighted by Crippen LogP contribution is 2.39. The van der Waals surface area contributed by atoms with E-state index in [0.717, 1.165) is 0 Å². The van der Waals surface area contributed by atoms with Crippen LogP contribution < -0.4 is 10.6 Å². The predicted octanol–water partition coefficient (Wildman–Crippen LogP) is 1.50. The summed E-state index contributed by atoms with van der Waals surface area (Å²) in [6, 6.07) is -1.27. The molecule has 0 unspecified atom stereocenters. The lowest BCUT2D eigenvalue weighted by Gasteiger charge is -2.49. The summed E-state index contributed by atoms with van der Waals surface area (Å²) in [5.74, 6) is 0.0469. The van der Waals surface area contributed by atoms with Crippen LogP contribution in [-0.4, -0.2) is 83.1 Å². The number of carbonyl (C=O) groups excluding carboxylic acids is 3. The molecule has 2 aliphatic heterocycles. The molecule has 2 saturated heterocycles. The van der Waals surface area contributed by atoms with Gasteiger partial charge in [-0.25, -0.2) is 4.79 Å². The zero-order chi connectivity index (χ0) is 22.9. The van der Waals surface area contributed by atoms with E-state index in [1.54, 1.807) is 44.4 Å². The Morgan fingerprint density at radius 2 is 1.73 bits per heavy atom. The number of amides is 2. The van der Waals surface area contributed by atoms with E-state index in [0.29, 0.717) is 18.8 Å². The highest BCUT2D eigenvalue weighted by Gasteiger charge is 2.53. The number of methoxy groups -OCH3 is 1. The van der Waals surface area contributed by atoms with Gasteiger partial charge >= 0.3 is 12.1 Å². The molecule has 10 heteroatoms. The number of esters is 1. The fourth-order valence-electron chi connectivity index (χ4n) is 3.46. The van der Waals surface area contributed by atoms with Crippen molar-refractivity contribution in [3.63, 3.8) is 0 Å². The first-order chi connectivity index (χ1) is 13.6. The van der Waals surface area contributed by atoms with Crippen LogP contribution in [0, 0.1) is 0 Å². The molecule has 2 rings (SSSR count). The number of ether oxygens (including phenoxy) is 3. The minimum absolute atomic E-state index is 0.243. The van der Waals surface area contributed by atoms with Crippen molar-refractivity contribution in [3.05, 3.63) is 0 Å². The average Bonchev–Trinajstić information content (AvgIpc) is 2.99. The molecule has 2 N–H and O–H groups in total. The van der Waals surface area contributed by atoms with E-state index in [1.165, 1.54) is 7.11 Å². The second-order valence-electron chi connectivity index (χ2n) is 9.78. The van der Waals surface area contributed by atoms with Gasteiger partial charge in [-0.3, -0.25) is 14.9 Å². The van der Waals surface area contributed by atoms with Crippen molar-refractivity contribution in [2.75, 3.05) is 26.0 Å². The van der Waals surface area contributed by atoms with E-state index in [4.69, 9.17) is 14.2 Å². The summed E-state index contributed by atoms with van der Waals surface area (Å²) in [6.45, 7) is 13.6. The fraction of sp³-hybridized carbons (Fsp3) is 0.850. The van der Waals surface area contributed by atoms with Gasteiger partial charge in [0.05, 0.1) is 31.9 Å². The Morgan fingerprint density at radius 1 is 1.13 bits per heavy atom. The zero-order valence-corrected chi connectivity index (χ0v) is 20.0. The van der Waals surface area contributed by atoms with Crippen molar-refractivity contribution >= 4 is 29.7 Å². The minimum Gasteiger partial charge on any atom is -0.468 e. The number of hydrogen-bond donors (Lipinski definition) is 2. The van der Waals surface area contributed by atoms with Crippen LogP contribution in [0.1, 0.15) is 48.5 Å². The molecule has 2 amide bonds. The Bertz CT molecular complexity index is 666. The van der Waals surface area contributed by atoms with Crippen molar-refractivity contribution in [1.82, 2.24) is 15.5 Å². The van der Waals surface area contributed by atoms with Gasteiger partial charge in [-0.1, -0.05) is 0 Å². The van der Waals surface area contributed by atoms with Gasteiger partial charge in [0.2, 0.25) is 5.91 Å². The van der Waals surface area contributed by atoms with Crippen LogP contribution in [0.2, 0.25) is 0 Å². The summed E-state index contributed by atoms with van der Waals surface area (Å²) in [7, 11) is 1.36. The minimum atomic E-state index is -0.890. The number of likely N-dealkylation sites (tertiary alicyclic amines) is 1. The molecule has 1 spiro atoms. The molecular weight excluding hydrogens is 410 g/mol. The van der Waals surface area contributed by atoms with E-state index in [-0.39, 0.29) is 22.8 Å². The molecule has 0 aromatic carbocycles. The van der Waals surface area contributed by atoms with Gasteiger partial charge < -0.3 is 24.4 Å². The Morgan fingerprint density at radius 3 is 2.23 bits per heavy atom. The molecule has 2 heterocycles. The van der Waals surface area contributed by atoms with E-state index in [1.807, 2.05) is 20.8 Å². The molecule has 2 aliphatic rings. The first-order valence-electron chi connectivity index (χ1n) is 10.1. The van der Waals surface area contributed by atoms with Crippen LogP contribution in [-0.2, 0) is 23.8 Å². The molecule has 0 saturated carbocycles. The largest absolute Gasteiger partial charge is 0.468 e. The van der Waals surface area contributed by atoms with E-state index < -0.39 is 29.4 Å². The number of alkyl carbamates (subject to hydrolysis) is 1. The number of thioether (sulfide) groups is 1. The third-order valence-electron chi connectivity index (χ3n) is 4.60. The highest BCUT2D eigenvalue weighted by molar-refractivity contribution is 8.01. The van der Waals surface area contributed by atoms with Crippen molar-refractivity contribution in [2.45, 2.75) is 82.7 Å². The van der Waals surface area contributed by atoms with Crippen LogP contribution in [0.5, 0.6) is 0 Å². The Labute approximate surface area is 182 Å². The smallest absolute Gasteiger partial charge is 0.408 e. The molecule has 0 aromatic heterocycles. The van der Waals surface area contributed by atoms with Crippen molar-refractivity contribution < 1.29 is 28.6 Å². The lowest BCUT2D eigenvalue weighted by molar-refractivity contribution is -0.147. The maximum atomic E-state index is 13.2. The topological polar surface area (TPSA) is 106 Å². The summed E-state index contributed by atoms with van der Waals surface area (Å²) in [5.41, 5.74) is -1.17. The lowest BCUT2D eigenvalue weighted by atomic mass is 10.0. The number of rotatable bonds is 5. The molecule has 172 valence electrons. The molecule has 9 nitrogen and oxygen atoms in total. The summed E-state index contributed by atoms with van der Waals surface area (Å²) in [6.07, 6.45) is -1.23. The summed E-state index contributed by atoms with van der Waals surface area (Å²) in [4.78, 5) is 38.6. The zero-order valence-electron chi connectivity index (χ0n) is 19.2. The van der Waals surface area contributed by atoms with Gasteiger partial charge in [0.25, 0.3) is 0 Å². The molecule has 0 aromatic rings. The Balaban J connectivity index is 2.04. The van der Waals surface area contributed by atoms with Gasteiger partial charge in [-0.2, -0.15) is 0 Å². The van der Waals surface area contributed by atoms with E-state index in [9.17, 15) is 14.4 Å². The molecule has 30 heavy (non-hydrogen) atoms. The number of carbonyl (C=O) groups is 3. The Kier molecular flexibility index (Phi) is 7.36. The molecular formula is C20H35N3O6S. The van der Waals surface area contributed by atoms with Crippen LogP contribution in [0.25, 0.3) is 0 Å². The van der Waals surface area contributed by atoms with Crippen LogP contribution in [0.4, 0.5) is 4.79 Å². The highest BCUT2D eigenvalue weighted by atomic mass is 32.2. The standard InChI is InChI=1S/C20H35N3O6S/c1-12(28-18(2,3)4)14(21-17(26)29-19(5,6)7)15(24)23-10-20(11-23)22-13(9-30-20)16(25)27-8/h12-14,22H,9-11H2,1-8H3,(H,21,26)/t12-,13+,14+/m1/s1. The van der Waals surface area contributed by atoms with Crippen molar-refractivity contribution in [2.24, 2.45) is 0 Å². The third-order valence-corrected chi connectivity index (χ3v) is 6.03. The van der Waals surface area contributed by atoms with Gasteiger partial charge in [0.1, 0.15) is 22.6 Å². The summed E-state index contributed by atoms with van der Waals surface area (Å²) < 4.78 is 16.1. The number of nitrogens with zero attached hydrogens (tertiary/aromatic N) is 1. The van der Waals surface area contributed by atoms with Crippen LogP contribution >= 0.6 is 11.8 Å². The molecule has 3 atom stereocenters. The van der Waals surface area contributed by atoms with Gasteiger partial charge in [-0.05, 0) is 48.5 Å². The van der Waals surface area contributed by atoms with Gasteiger partial charge in [-0.15, -0.1) is 11.8 Å². The van der Waals surface area contributed by atoms with Crippen molar-refractivity contribution in [3.8, 4) is 0 Å². The van der Waals surface area contributed by atoms with Crippen molar-refractivity contribution in [1.29, 1.82) is 0 Å². The summed E-state index contributed by atoms with van der Waals surface area (Å²) in [5, 5.41) is 5.95. The fourth-order valence-corrected chi connectivity index (χ4v) is 4.88. The molecule has 0 bridgehead atoms. The molecule has 0 radical (unpaired) electrons. The normalized spacial score (nSPS) is 22.8. The quantitative estimate of drug-likeness (QED) is 0.614. The first kappa shape index (κ1) is 24.7. The van der Waals surface area contributed by atoms with E-state index in [2.05, 4.69) is 10.6 Å². The Hall–Kier alpha value is -1.52. The average molecular weight is 446 g/mol. The maximum Gasteiger partial charge on any atom is 0.408 e.